The number of benzene rings is 1. The summed E-state index contributed by atoms with van der Waals surface area (Å²) in [5.74, 6) is 1.59. The van der Waals surface area contributed by atoms with Gasteiger partial charge in [-0.2, -0.15) is 10.1 Å². The van der Waals surface area contributed by atoms with Gasteiger partial charge in [-0.3, -0.25) is 14.4 Å². The van der Waals surface area contributed by atoms with Crippen molar-refractivity contribution < 1.29 is 23.8 Å². The van der Waals surface area contributed by atoms with E-state index in [1.54, 1.807) is 14.2 Å². The normalized spacial score (nSPS) is 23.4. The Bertz CT molecular complexity index is 1640. The Morgan fingerprint density at radius 1 is 1.00 bits per heavy atom. The second kappa shape index (κ2) is 14.8. The fourth-order valence-electron chi connectivity index (χ4n) is 8.17. The molecule has 1 aromatic carbocycles. The predicted molar refractivity (Wildman–Crippen MR) is 190 cm³/mol. The summed E-state index contributed by atoms with van der Waals surface area (Å²) >= 11 is 0. The van der Waals surface area contributed by atoms with Crippen molar-refractivity contribution in [2.75, 3.05) is 38.9 Å². The fraction of sp³-hybridized carbons (Fsp3) is 0.564. The third kappa shape index (κ3) is 7.59. The van der Waals surface area contributed by atoms with E-state index in [2.05, 4.69) is 61.3 Å². The molecule has 7 rings (SSSR count). The average Bonchev–Trinajstić information content (AvgIpc) is 3.63. The van der Waals surface area contributed by atoms with E-state index in [4.69, 9.17) is 19.2 Å². The molecule has 0 N–H and O–H groups in total. The molecule has 4 saturated carbocycles. The fourth-order valence-corrected chi connectivity index (χ4v) is 8.17. The Morgan fingerprint density at radius 2 is 1.73 bits per heavy atom. The second-order valence-corrected chi connectivity index (χ2v) is 14.7. The number of ether oxygens (including phenoxy) is 3. The van der Waals surface area contributed by atoms with E-state index >= 15 is 0 Å². The molecule has 3 aromatic rings. The molecule has 2 amide bonds. The molecule has 0 spiro atoms. The van der Waals surface area contributed by atoms with Gasteiger partial charge in [-0.1, -0.05) is 12.1 Å². The van der Waals surface area contributed by atoms with E-state index in [0.717, 1.165) is 61.1 Å². The van der Waals surface area contributed by atoms with Crippen molar-refractivity contribution in [3.05, 3.63) is 60.0 Å². The summed E-state index contributed by atoms with van der Waals surface area (Å²) < 4.78 is 17.6. The topological polar surface area (TPSA) is 108 Å². The van der Waals surface area contributed by atoms with Crippen molar-refractivity contribution in [3.63, 3.8) is 0 Å². The Kier molecular flexibility index (Phi) is 10.5. The molecule has 4 aliphatic carbocycles. The van der Waals surface area contributed by atoms with E-state index < -0.39 is 6.09 Å². The summed E-state index contributed by atoms with van der Waals surface area (Å²) in [6.07, 6.45) is 14.2. The Morgan fingerprint density at radius 3 is 2.37 bits per heavy atom. The third-order valence-corrected chi connectivity index (χ3v) is 11.3. The van der Waals surface area contributed by atoms with E-state index in [1.165, 1.54) is 11.1 Å². The van der Waals surface area contributed by atoms with E-state index in [1.807, 2.05) is 28.0 Å². The average molecular weight is 670 g/mol. The zero-order valence-electron chi connectivity index (χ0n) is 29.7. The summed E-state index contributed by atoms with van der Waals surface area (Å²) in [6, 6.07) is 11.0. The molecule has 0 unspecified atom stereocenters. The Labute approximate surface area is 290 Å². The van der Waals surface area contributed by atoms with Crippen LogP contribution < -0.4 is 9.64 Å². The minimum absolute atomic E-state index is 0.0480. The molecule has 10 nitrogen and oxygen atoms in total. The molecule has 49 heavy (non-hydrogen) atoms. The van der Waals surface area contributed by atoms with Crippen LogP contribution in [0.15, 0.2) is 53.9 Å². The van der Waals surface area contributed by atoms with Crippen LogP contribution in [0, 0.1) is 18.3 Å². The molecule has 2 bridgehead atoms. The lowest BCUT2D eigenvalue weighted by molar-refractivity contribution is -0.123. The van der Waals surface area contributed by atoms with Gasteiger partial charge in [0.1, 0.15) is 18.2 Å². The minimum atomic E-state index is -0.588. The Balaban J connectivity index is 1.22. The predicted octanol–water partition coefficient (Wildman–Crippen LogP) is 7.88. The van der Waals surface area contributed by atoms with E-state index in [-0.39, 0.29) is 35.3 Å². The molecule has 262 valence electrons. The molecule has 0 radical (unpaired) electrons. The number of nitrogens with zero attached hydrogens (tertiary/aromatic N) is 5. The molecule has 0 saturated heterocycles. The van der Waals surface area contributed by atoms with Crippen LogP contribution in [0.1, 0.15) is 95.2 Å². The molecule has 10 heteroatoms. The molecular formula is C39H51N5O5. The van der Waals surface area contributed by atoms with Gasteiger partial charge in [-0.05, 0) is 131 Å². The van der Waals surface area contributed by atoms with Gasteiger partial charge in [0.25, 0.3) is 0 Å². The number of carbonyl (C=O) groups is 2. The summed E-state index contributed by atoms with van der Waals surface area (Å²) in [4.78, 5) is 37.8. The van der Waals surface area contributed by atoms with E-state index in [0.29, 0.717) is 44.7 Å². The van der Waals surface area contributed by atoms with Crippen LogP contribution in [-0.2, 0) is 19.7 Å². The van der Waals surface area contributed by atoms with Gasteiger partial charge in [-0.25, -0.2) is 9.78 Å². The highest BCUT2D eigenvalue weighted by molar-refractivity contribution is 5.98. The first kappa shape index (κ1) is 34.8. The van der Waals surface area contributed by atoms with Crippen LogP contribution in [0.25, 0.3) is 11.1 Å². The second-order valence-electron chi connectivity index (χ2n) is 14.7. The number of aromatic nitrogens is 3. The lowest BCUT2D eigenvalue weighted by Gasteiger charge is -2.55. The first-order valence-electron chi connectivity index (χ1n) is 17.8. The van der Waals surface area contributed by atoms with E-state index in [9.17, 15) is 9.59 Å². The molecule has 4 aliphatic rings. The van der Waals surface area contributed by atoms with Gasteiger partial charge >= 0.3 is 6.09 Å². The number of aryl methyl sites for hydroxylation is 1. The Hall–Kier alpha value is -4.05. The molecule has 2 heterocycles. The lowest BCUT2D eigenvalue weighted by Crippen LogP contribution is -2.52. The van der Waals surface area contributed by atoms with Gasteiger partial charge in [0.05, 0.1) is 19.9 Å². The third-order valence-electron chi connectivity index (χ3n) is 11.3. The highest BCUT2D eigenvalue weighted by atomic mass is 16.6. The smallest absolute Gasteiger partial charge is 0.433 e. The van der Waals surface area contributed by atoms with Gasteiger partial charge in [0.2, 0.25) is 5.91 Å². The first-order chi connectivity index (χ1) is 23.6. The zero-order chi connectivity index (χ0) is 34.6. The summed E-state index contributed by atoms with van der Waals surface area (Å²) in [6.45, 7) is 7.52. The van der Waals surface area contributed by atoms with Crippen LogP contribution in [0.4, 0.5) is 10.6 Å². The van der Waals surface area contributed by atoms with Crippen molar-refractivity contribution in [2.24, 2.45) is 16.3 Å². The number of anilines is 1. The summed E-state index contributed by atoms with van der Waals surface area (Å²) in [5, 5.41) is 4.55. The number of aliphatic imine (C=N–C) groups is 1. The van der Waals surface area contributed by atoms with Crippen LogP contribution in [0.2, 0.25) is 0 Å². The highest BCUT2D eigenvalue weighted by Gasteiger charge is 2.50. The van der Waals surface area contributed by atoms with Crippen LogP contribution in [0.3, 0.4) is 0 Å². The maximum atomic E-state index is 14.6. The maximum absolute atomic E-state index is 14.6. The number of pyridine rings is 1. The molecular weight excluding hydrogens is 618 g/mol. The van der Waals surface area contributed by atoms with Gasteiger partial charge in [0, 0.05) is 49.3 Å². The number of hydrogen-bond acceptors (Lipinski definition) is 7. The van der Waals surface area contributed by atoms with Crippen molar-refractivity contribution in [1.82, 2.24) is 14.8 Å². The highest BCUT2D eigenvalue weighted by Crippen LogP contribution is 2.58. The van der Waals surface area contributed by atoms with Crippen molar-refractivity contribution in [3.8, 4) is 16.9 Å². The van der Waals surface area contributed by atoms with Gasteiger partial charge in [-0.15, -0.1) is 0 Å². The van der Waals surface area contributed by atoms with Crippen molar-refractivity contribution in [2.45, 2.75) is 96.4 Å². The van der Waals surface area contributed by atoms with Crippen LogP contribution >= 0.6 is 0 Å². The van der Waals surface area contributed by atoms with Gasteiger partial charge in [0.15, 0.2) is 0 Å². The first-order valence-corrected chi connectivity index (χ1v) is 17.8. The number of carbonyl (C=O) groups excluding carboxylic acids is 2. The van der Waals surface area contributed by atoms with Crippen molar-refractivity contribution >= 4 is 23.5 Å². The number of hydrogen-bond donors (Lipinski definition) is 0. The molecule has 0 aliphatic heterocycles. The number of rotatable bonds is 11. The monoisotopic (exact) mass is 669 g/mol. The molecule has 4 fully saturated rings. The lowest BCUT2D eigenvalue weighted by atomic mass is 9.51. The minimum Gasteiger partial charge on any atom is -0.496 e. The van der Waals surface area contributed by atoms with Crippen LogP contribution in [-0.4, -0.2) is 66.5 Å². The molecule has 0 atom stereocenters. The largest absolute Gasteiger partial charge is 0.496 e. The van der Waals surface area contributed by atoms with Crippen LogP contribution in [0.5, 0.6) is 5.75 Å². The standard InChI is InChI=1S/C39H51N5O5/c1-27(2)44-25-31(24-41-44)30-12-19-40-35(23-30)43(36(45)29-6-9-33(10-7-29)42-37(46)49-21-20-47-4)26-38-13-16-39(17-14-38,18-15-38)32-8-11-34(48-5)28(3)22-32/h8,11-12,19,22-25,27,29H,6-7,9-10,13-18,20-21,26H2,1-5H3. The number of fused-ring (bicyclic) bond motifs is 3. The summed E-state index contributed by atoms with van der Waals surface area (Å²) in [7, 11) is 3.29. The van der Waals surface area contributed by atoms with Crippen molar-refractivity contribution in [1.29, 1.82) is 0 Å². The number of methoxy groups -OCH3 is 2. The summed E-state index contributed by atoms with van der Waals surface area (Å²) in [5.41, 5.74) is 5.64. The maximum Gasteiger partial charge on any atom is 0.433 e. The quantitative estimate of drug-likeness (QED) is 0.191. The van der Waals surface area contributed by atoms with Gasteiger partial charge < -0.3 is 14.2 Å². The zero-order valence-corrected chi connectivity index (χ0v) is 29.7. The number of amides is 2. The molecule has 2 aromatic heterocycles. The SMILES string of the molecule is COCCOC(=O)N=C1CCC(C(=O)N(CC23CCC(c4ccc(OC)c(C)c4)(CC2)CC3)c2cc(-c3cnn(C(C)C)c3)ccn2)CC1.